The summed E-state index contributed by atoms with van der Waals surface area (Å²) in [6.07, 6.45) is 4.57. The zero-order valence-corrected chi connectivity index (χ0v) is 7.26. The van der Waals surface area contributed by atoms with Crippen molar-refractivity contribution < 1.29 is 4.74 Å². The van der Waals surface area contributed by atoms with Crippen LogP contribution < -0.4 is 0 Å². The number of methoxy groups -OCH3 is 1. The third kappa shape index (κ3) is 1.51. The van der Waals surface area contributed by atoms with Gasteiger partial charge in [0, 0.05) is 7.11 Å². The third-order valence-electron chi connectivity index (χ3n) is 2.66. The lowest BCUT2D eigenvalue weighted by molar-refractivity contribution is 0.0541. The maximum atomic E-state index is 5.39. The van der Waals surface area contributed by atoms with Crippen molar-refractivity contribution in [1.29, 1.82) is 0 Å². The summed E-state index contributed by atoms with van der Waals surface area (Å²) in [6, 6.07) is 0. The Balaban J connectivity index is 2.42. The second-order valence-corrected chi connectivity index (χ2v) is 3.61. The molecule has 0 saturated heterocycles. The smallest absolute Gasteiger partial charge is 0.0601 e. The van der Waals surface area contributed by atoms with Gasteiger partial charge in [-0.25, -0.2) is 0 Å². The van der Waals surface area contributed by atoms with Gasteiger partial charge in [-0.15, -0.1) is 0 Å². The van der Waals surface area contributed by atoms with Crippen LogP contribution in [0, 0.1) is 11.8 Å². The number of ether oxygens (including phenoxy) is 1. The van der Waals surface area contributed by atoms with Crippen molar-refractivity contribution in [2.45, 2.75) is 39.2 Å². The number of hydrogen-bond donors (Lipinski definition) is 0. The van der Waals surface area contributed by atoms with Crippen molar-refractivity contribution in [2.24, 2.45) is 11.8 Å². The SMILES string of the molecule is COC1CCC[C@H]1C(C)C. The fraction of sp³-hybridized carbons (Fsp3) is 1.00. The number of hydrogen-bond acceptors (Lipinski definition) is 1. The van der Waals surface area contributed by atoms with Crippen LogP contribution in [0.1, 0.15) is 33.1 Å². The van der Waals surface area contributed by atoms with Crippen molar-refractivity contribution in [1.82, 2.24) is 0 Å². The lowest BCUT2D eigenvalue weighted by atomic mass is 9.93. The molecule has 0 aromatic carbocycles. The Morgan fingerprint density at radius 1 is 1.30 bits per heavy atom. The van der Waals surface area contributed by atoms with Gasteiger partial charge in [0.1, 0.15) is 0 Å². The fourth-order valence-electron chi connectivity index (χ4n) is 2.01. The molecule has 1 aliphatic rings. The molecular weight excluding hydrogens is 124 g/mol. The first kappa shape index (κ1) is 8.06. The molecule has 1 rings (SSSR count). The van der Waals surface area contributed by atoms with Crippen LogP contribution in [0.15, 0.2) is 0 Å². The van der Waals surface area contributed by atoms with Gasteiger partial charge in [-0.3, -0.25) is 0 Å². The summed E-state index contributed by atoms with van der Waals surface area (Å²) in [5, 5.41) is 0. The maximum absolute atomic E-state index is 5.39. The van der Waals surface area contributed by atoms with Crippen LogP contribution in [0.2, 0.25) is 0 Å². The maximum Gasteiger partial charge on any atom is 0.0601 e. The third-order valence-corrected chi connectivity index (χ3v) is 2.66. The van der Waals surface area contributed by atoms with Crippen LogP contribution in [0.25, 0.3) is 0 Å². The van der Waals surface area contributed by atoms with E-state index in [1.54, 1.807) is 0 Å². The molecule has 2 atom stereocenters. The summed E-state index contributed by atoms with van der Waals surface area (Å²) in [7, 11) is 1.84. The predicted molar refractivity (Wildman–Crippen MR) is 43.0 cm³/mol. The molecule has 60 valence electrons. The van der Waals surface area contributed by atoms with Gasteiger partial charge >= 0.3 is 0 Å². The van der Waals surface area contributed by atoms with Crippen molar-refractivity contribution >= 4 is 0 Å². The monoisotopic (exact) mass is 142 g/mol. The normalized spacial score (nSPS) is 33.6. The van der Waals surface area contributed by atoms with E-state index in [9.17, 15) is 0 Å². The molecule has 0 aromatic heterocycles. The highest BCUT2D eigenvalue weighted by atomic mass is 16.5. The van der Waals surface area contributed by atoms with Crippen molar-refractivity contribution in [2.75, 3.05) is 7.11 Å². The van der Waals surface area contributed by atoms with Gasteiger partial charge in [-0.2, -0.15) is 0 Å². The summed E-state index contributed by atoms with van der Waals surface area (Å²) in [5.74, 6) is 1.62. The molecule has 1 unspecified atom stereocenters. The van der Waals surface area contributed by atoms with Gasteiger partial charge in [0.2, 0.25) is 0 Å². The Labute approximate surface area is 63.8 Å². The topological polar surface area (TPSA) is 9.23 Å². The summed E-state index contributed by atoms with van der Waals surface area (Å²) in [6.45, 7) is 4.59. The first-order valence-corrected chi connectivity index (χ1v) is 4.28. The Morgan fingerprint density at radius 3 is 2.40 bits per heavy atom. The fourth-order valence-corrected chi connectivity index (χ4v) is 2.01. The molecule has 1 heteroatoms. The van der Waals surface area contributed by atoms with E-state index in [0.29, 0.717) is 6.10 Å². The molecule has 0 spiro atoms. The van der Waals surface area contributed by atoms with Gasteiger partial charge in [0.25, 0.3) is 0 Å². The summed E-state index contributed by atoms with van der Waals surface area (Å²) >= 11 is 0. The molecule has 0 radical (unpaired) electrons. The van der Waals surface area contributed by atoms with Gasteiger partial charge in [-0.1, -0.05) is 20.3 Å². The molecule has 0 bridgehead atoms. The summed E-state index contributed by atoms with van der Waals surface area (Å²) in [4.78, 5) is 0. The average molecular weight is 142 g/mol. The van der Waals surface area contributed by atoms with Crippen molar-refractivity contribution in [3.63, 3.8) is 0 Å². The van der Waals surface area contributed by atoms with Gasteiger partial charge in [-0.05, 0) is 24.7 Å². The molecular formula is C9H18O. The largest absolute Gasteiger partial charge is 0.381 e. The van der Waals surface area contributed by atoms with Crippen molar-refractivity contribution in [3.8, 4) is 0 Å². The quantitative estimate of drug-likeness (QED) is 0.575. The highest BCUT2D eigenvalue weighted by molar-refractivity contribution is 4.79. The zero-order chi connectivity index (χ0) is 7.56. The first-order chi connectivity index (χ1) is 4.75. The Hall–Kier alpha value is -0.0400. The zero-order valence-electron chi connectivity index (χ0n) is 7.26. The number of rotatable bonds is 2. The highest BCUT2D eigenvalue weighted by Gasteiger charge is 2.28. The van der Waals surface area contributed by atoms with E-state index in [1.807, 2.05) is 7.11 Å². The minimum Gasteiger partial charge on any atom is -0.381 e. The van der Waals surface area contributed by atoms with E-state index in [0.717, 1.165) is 11.8 Å². The van der Waals surface area contributed by atoms with Crippen LogP contribution in [0.3, 0.4) is 0 Å². The van der Waals surface area contributed by atoms with Crippen LogP contribution in [-0.4, -0.2) is 13.2 Å². The minimum atomic E-state index is 0.556. The molecule has 0 heterocycles. The molecule has 1 nitrogen and oxygen atoms in total. The van der Waals surface area contributed by atoms with Crippen LogP contribution >= 0.6 is 0 Å². The summed E-state index contributed by atoms with van der Waals surface area (Å²) < 4.78 is 5.39. The molecule has 1 saturated carbocycles. The lowest BCUT2D eigenvalue weighted by Gasteiger charge is -2.21. The highest BCUT2D eigenvalue weighted by Crippen LogP contribution is 2.32. The second kappa shape index (κ2) is 3.38. The standard InChI is InChI=1S/C9H18O/c1-7(2)8-5-4-6-9(8)10-3/h7-9H,4-6H2,1-3H3/t8-,9?/m0/s1. The molecule has 0 N–H and O–H groups in total. The Kier molecular flexibility index (Phi) is 2.72. The molecule has 0 amide bonds. The Morgan fingerprint density at radius 2 is 2.00 bits per heavy atom. The van der Waals surface area contributed by atoms with E-state index in [1.165, 1.54) is 19.3 Å². The molecule has 1 aliphatic carbocycles. The van der Waals surface area contributed by atoms with Crippen LogP contribution in [-0.2, 0) is 4.74 Å². The van der Waals surface area contributed by atoms with Crippen LogP contribution in [0.4, 0.5) is 0 Å². The van der Waals surface area contributed by atoms with E-state index in [-0.39, 0.29) is 0 Å². The van der Waals surface area contributed by atoms with E-state index in [2.05, 4.69) is 13.8 Å². The average Bonchev–Trinajstić information content (AvgIpc) is 2.33. The molecule has 0 aliphatic heterocycles. The van der Waals surface area contributed by atoms with E-state index >= 15 is 0 Å². The summed E-state index contributed by atoms with van der Waals surface area (Å²) in [5.41, 5.74) is 0. The molecule has 0 aromatic rings. The first-order valence-electron chi connectivity index (χ1n) is 4.28. The van der Waals surface area contributed by atoms with E-state index < -0.39 is 0 Å². The van der Waals surface area contributed by atoms with Gasteiger partial charge < -0.3 is 4.74 Å². The van der Waals surface area contributed by atoms with Gasteiger partial charge in [0.15, 0.2) is 0 Å². The van der Waals surface area contributed by atoms with Crippen LogP contribution in [0.5, 0.6) is 0 Å². The van der Waals surface area contributed by atoms with Crippen molar-refractivity contribution in [3.05, 3.63) is 0 Å². The minimum absolute atomic E-state index is 0.556. The van der Waals surface area contributed by atoms with Gasteiger partial charge in [0.05, 0.1) is 6.10 Å². The van der Waals surface area contributed by atoms with E-state index in [4.69, 9.17) is 4.74 Å². The second-order valence-electron chi connectivity index (χ2n) is 3.61. The predicted octanol–water partition coefficient (Wildman–Crippen LogP) is 2.46. The molecule has 1 fully saturated rings. The Bertz CT molecular complexity index is 98.9. The lowest BCUT2D eigenvalue weighted by Crippen LogP contribution is -2.20. The molecule has 10 heavy (non-hydrogen) atoms.